The molecule has 0 aliphatic heterocycles. The minimum atomic E-state index is -1.10. The lowest BCUT2D eigenvalue weighted by atomic mass is 10.0. The molecule has 0 saturated carbocycles. The lowest BCUT2D eigenvalue weighted by molar-refractivity contribution is -0.387. The summed E-state index contributed by atoms with van der Waals surface area (Å²) in [5, 5.41) is 13.2. The first-order valence-electron chi connectivity index (χ1n) is 6.81. The van der Waals surface area contributed by atoms with Crippen molar-refractivity contribution in [1.82, 2.24) is 10.3 Å². The normalized spacial score (nSPS) is 11.5. The fourth-order valence-corrected chi connectivity index (χ4v) is 2.03. The summed E-state index contributed by atoms with van der Waals surface area (Å²) < 4.78 is 13.3. The summed E-state index contributed by atoms with van der Waals surface area (Å²) in [6.45, 7) is 0. The number of amides is 2. The van der Waals surface area contributed by atoms with Crippen LogP contribution < -0.4 is 11.1 Å². The fraction of sp³-hybridized carbons (Fsp3) is 0.133. The Morgan fingerprint density at radius 1 is 1.29 bits per heavy atom. The second kappa shape index (κ2) is 7.27. The molecule has 9 heteroatoms. The second-order valence-corrected chi connectivity index (χ2v) is 4.91. The van der Waals surface area contributed by atoms with Gasteiger partial charge in [0, 0.05) is 30.4 Å². The van der Waals surface area contributed by atoms with Crippen molar-refractivity contribution < 1.29 is 18.9 Å². The van der Waals surface area contributed by atoms with E-state index in [1.165, 1.54) is 30.6 Å². The van der Waals surface area contributed by atoms with Gasteiger partial charge in [-0.15, -0.1) is 0 Å². The summed E-state index contributed by atoms with van der Waals surface area (Å²) in [5.74, 6) is -2.35. The topological polar surface area (TPSA) is 128 Å². The van der Waals surface area contributed by atoms with E-state index in [1.807, 2.05) is 0 Å². The van der Waals surface area contributed by atoms with Gasteiger partial charge in [-0.2, -0.15) is 4.39 Å². The number of nitrogens with zero attached hydrogens (tertiary/aromatic N) is 2. The molecule has 2 amide bonds. The van der Waals surface area contributed by atoms with E-state index in [4.69, 9.17) is 5.73 Å². The molecule has 2 rings (SSSR count). The number of hydrogen-bond acceptors (Lipinski definition) is 5. The SMILES string of the molecule is NC(=O)[C@H](Cc1ccc(F)c([N+](=O)[O-])c1)NC(=O)c1ccncc1. The molecule has 0 aliphatic carbocycles. The number of nitrogens with two attached hydrogens (primary N) is 1. The Morgan fingerprint density at radius 3 is 2.54 bits per heavy atom. The Kier molecular flexibility index (Phi) is 5.15. The van der Waals surface area contributed by atoms with Crippen LogP contribution in [-0.2, 0) is 11.2 Å². The smallest absolute Gasteiger partial charge is 0.305 e. The minimum absolute atomic E-state index is 0.104. The van der Waals surface area contributed by atoms with Gasteiger partial charge in [0.25, 0.3) is 5.91 Å². The summed E-state index contributed by atoms with van der Waals surface area (Å²) in [7, 11) is 0. The molecule has 0 fully saturated rings. The molecular formula is C15H13FN4O4. The van der Waals surface area contributed by atoms with Gasteiger partial charge in [-0.25, -0.2) is 0 Å². The van der Waals surface area contributed by atoms with Gasteiger partial charge >= 0.3 is 5.69 Å². The summed E-state index contributed by atoms with van der Waals surface area (Å²) in [4.78, 5) is 37.3. The van der Waals surface area contributed by atoms with Crippen molar-refractivity contribution in [2.45, 2.75) is 12.5 Å². The maximum Gasteiger partial charge on any atom is 0.305 e. The van der Waals surface area contributed by atoms with Crippen LogP contribution in [0.15, 0.2) is 42.7 Å². The van der Waals surface area contributed by atoms with Crippen LogP contribution in [0.1, 0.15) is 15.9 Å². The van der Waals surface area contributed by atoms with Gasteiger partial charge in [-0.05, 0) is 23.8 Å². The summed E-state index contributed by atoms with van der Waals surface area (Å²) in [6, 6.07) is 5.03. The molecule has 0 radical (unpaired) electrons. The Hall–Kier alpha value is -3.36. The molecule has 24 heavy (non-hydrogen) atoms. The molecule has 1 aromatic heterocycles. The average Bonchev–Trinajstić information content (AvgIpc) is 2.56. The molecule has 0 bridgehead atoms. The highest BCUT2D eigenvalue weighted by atomic mass is 19.1. The van der Waals surface area contributed by atoms with Crippen LogP contribution in [0.3, 0.4) is 0 Å². The molecule has 1 atom stereocenters. The largest absolute Gasteiger partial charge is 0.368 e. The zero-order valence-electron chi connectivity index (χ0n) is 12.3. The standard InChI is InChI=1S/C15H13FN4O4/c16-11-2-1-9(8-13(11)20(23)24)7-12(14(17)21)19-15(22)10-3-5-18-6-4-10/h1-6,8,12H,7H2,(H2,17,21)(H,19,22)/t12-/m0/s1. The van der Waals surface area contributed by atoms with Crippen LogP contribution in [0.5, 0.6) is 0 Å². The van der Waals surface area contributed by atoms with E-state index in [9.17, 15) is 24.1 Å². The summed E-state index contributed by atoms with van der Waals surface area (Å²) >= 11 is 0. The third-order valence-electron chi connectivity index (χ3n) is 3.24. The van der Waals surface area contributed by atoms with Gasteiger partial charge in [0.1, 0.15) is 6.04 Å². The molecule has 1 heterocycles. The summed E-state index contributed by atoms with van der Waals surface area (Å²) in [5.41, 5.74) is 5.13. The zero-order chi connectivity index (χ0) is 17.7. The van der Waals surface area contributed by atoms with Crippen LogP contribution in [0.2, 0.25) is 0 Å². The number of carbonyl (C=O) groups is 2. The number of carbonyl (C=O) groups excluding carboxylic acids is 2. The Balaban J connectivity index is 2.17. The van der Waals surface area contributed by atoms with Crippen molar-refractivity contribution >= 4 is 17.5 Å². The molecule has 124 valence electrons. The van der Waals surface area contributed by atoms with Gasteiger partial charge in [-0.3, -0.25) is 24.7 Å². The van der Waals surface area contributed by atoms with Crippen molar-refractivity contribution in [2.75, 3.05) is 0 Å². The van der Waals surface area contributed by atoms with Gasteiger partial charge in [0.05, 0.1) is 4.92 Å². The van der Waals surface area contributed by atoms with Gasteiger partial charge in [0.15, 0.2) is 0 Å². The molecule has 0 unspecified atom stereocenters. The van der Waals surface area contributed by atoms with E-state index in [0.29, 0.717) is 5.56 Å². The zero-order valence-corrected chi connectivity index (χ0v) is 12.3. The van der Waals surface area contributed by atoms with E-state index >= 15 is 0 Å². The molecular weight excluding hydrogens is 319 g/mol. The van der Waals surface area contributed by atoms with Crippen molar-refractivity contribution in [1.29, 1.82) is 0 Å². The highest BCUT2D eigenvalue weighted by Crippen LogP contribution is 2.19. The molecule has 1 aromatic carbocycles. The second-order valence-electron chi connectivity index (χ2n) is 4.91. The number of nitro groups is 1. The van der Waals surface area contributed by atoms with Gasteiger partial charge in [0.2, 0.25) is 11.7 Å². The molecule has 3 N–H and O–H groups in total. The number of aromatic nitrogens is 1. The van der Waals surface area contributed by atoms with Crippen LogP contribution in [0.25, 0.3) is 0 Å². The fourth-order valence-electron chi connectivity index (χ4n) is 2.03. The average molecular weight is 332 g/mol. The first-order valence-corrected chi connectivity index (χ1v) is 6.81. The van der Waals surface area contributed by atoms with E-state index in [0.717, 1.165) is 12.1 Å². The number of nitro benzene ring substituents is 1. The van der Waals surface area contributed by atoms with Gasteiger partial charge in [-0.1, -0.05) is 6.07 Å². The molecule has 0 spiro atoms. The monoisotopic (exact) mass is 332 g/mol. The first-order chi connectivity index (χ1) is 11.4. The van der Waals surface area contributed by atoms with Crippen LogP contribution >= 0.6 is 0 Å². The van der Waals surface area contributed by atoms with E-state index in [1.54, 1.807) is 0 Å². The molecule has 8 nitrogen and oxygen atoms in total. The van der Waals surface area contributed by atoms with Crippen LogP contribution in [0, 0.1) is 15.9 Å². The lowest BCUT2D eigenvalue weighted by Gasteiger charge is -2.15. The predicted octanol–water partition coefficient (Wildman–Crippen LogP) is 0.955. The maximum atomic E-state index is 13.3. The van der Waals surface area contributed by atoms with Crippen LogP contribution in [-0.4, -0.2) is 27.8 Å². The van der Waals surface area contributed by atoms with Crippen molar-refractivity contribution in [2.24, 2.45) is 5.73 Å². The third-order valence-corrected chi connectivity index (χ3v) is 3.24. The quantitative estimate of drug-likeness (QED) is 0.601. The number of benzene rings is 1. The molecule has 0 aliphatic rings. The number of primary amides is 1. The van der Waals surface area contributed by atoms with E-state index in [-0.39, 0.29) is 12.0 Å². The number of nitrogens with one attached hydrogen (secondary N) is 1. The first kappa shape index (κ1) is 17.0. The van der Waals surface area contributed by atoms with Crippen molar-refractivity contribution in [3.05, 3.63) is 69.8 Å². The minimum Gasteiger partial charge on any atom is -0.368 e. The number of pyridine rings is 1. The lowest BCUT2D eigenvalue weighted by Crippen LogP contribution is -2.45. The maximum absolute atomic E-state index is 13.3. The predicted molar refractivity (Wildman–Crippen MR) is 81.4 cm³/mol. The van der Waals surface area contributed by atoms with Crippen molar-refractivity contribution in [3.63, 3.8) is 0 Å². The highest BCUT2D eigenvalue weighted by Gasteiger charge is 2.22. The van der Waals surface area contributed by atoms with Crippen molar-refractivity contribution in [3.8, 4) is 0 Å². The highest BCUT2D eigenvalue weighted by molar-refractivity contribution is 5.97. The van der Waals surface area contributed by atoms with Gasteiger partial charge < -0.3 is 11.1 Å². The number of rotatable bonds is 6. The Morgan fingerprint density at radius 2 is 1.96 bits per heavy atom. The van der Waals surface area contributed by atoms with E-state index in [2.05, 4.69) is 10.3 Å². The van der Waals surface area contributed by atoms with E-state index < -0.39 is 34.3 Å². The molecule has 2 aromatic rings. The number of hydrogen-bond donors (Lipinski definition) is 2. The summed E-state index contributed by atoms with van der Waals surface area (Å²) in [6.07, 6.45) is 2.72. The third kappa shape index (κ3) is 4.09. The number of halogens is 1. The Bertz CT molecular complexity index is 782. The Labute approximate surface area is 135 Å². The molecule has 0 saturated heterocycles. The van der Waals surface area contributed by atoms with Crippen LogP contribution in [0.4, 0.5) is 10.1 Å².